The average molecular weight is 414 g/mol. The molecule has 3 rings (SSSR count). The van der Waals surface area contributed by atoms with Crippen LogP contribution in [0.4, 0.5) is 0 Å². The fourth-order valence-corrected chi connectivity index (χ4v) is 6.56. The maximum absolute atomic E-state index is 13.9. The van der Waals surface area contributed by atoms with Crippen LogP contribution >= 0.6 is 7.29 Å². The molecule has 2 atom stereocenters. The molecule has 2 N–H and O–H groups in total. The third kappa shape index (κ3) is 5.55. The van der Waals surface area contributed by atoms with E-state index in [4.69, 9.17) is 0 Å². The lowest BCUT2D eigenvalue weighted by Gasteiger charge is -2.29. The average Bonchev–Trinajstić information content (AvgIpc) is 3.18. The number of carboxylic acid groups (broad SMARTS) is 1. The molecule has 1 saturated heterocycles. The molecule has 2 aromatic rings. The Kier molecular flexibility index (Phi) is 6.88. The zero-order valence-corrected chi connectivity index (χ0v) is 17.4. The second-order valence-electron chi connectivity index (χ2n) is 7.56. The molecule has 1 aliphatic heterocycles. The number of aliphatic carboxylic acids is 1. The van der Waals surface area contributed by atoms with Gasteiger partial charge in [-0.3, -0.25) is 9.88 Å². The van der Waals surface area contributed by atoms with Crippen LogP contribution in [-0.4, -0.2) is 40.5 Å². The molecule has 2 unspecified atom stereocenters. The SMILES string of the molecule is CC(NP(=O)(Cc1ccccc1)Cc1ccccc1)C(=O)N1CCCC1C(=O)O. The van der Waals surface area contributed by atoms with Crippen molar-refractivity contribution in [1.29, 1.82) is 0 Å². The van der Waals surface area contributed by atoms with Crippen LogP contribution in [0.15, 0.2) is 60.7 Å². The first-order valence-electron chi connectivity index (χ1n) is 9.85. The summed E-state index contributed by atoms with van der Waals surface area (Å²) in [6.45, 7) is 2.09. The van der Waals surface area contributed by atoms with Gasteiger partial charge in [0.25, 0.3) is 0 Å². The van der Waals surface area contributed by atoms with Gasteiger partial charge in [-0.15, -0.1) is 0 Å². The molecule has 2 aromatic carbocycles. The molecule has 1 fully saturated rings. The van der Waals surface area contributed by atoms with Crippen molar-refractivity contribution in [2.75, 3.05) is 6.54 Å². The lowest BCUT2D eigenvalue weighted by molar-refractivity contribution is -0.148. The molecule has 154 valence electrons. The summed E-state index contributed by atoms with van der Waals surface area (Å²) in [5.41, 5.74) is 1.87. The van der Waals surface area contributed by atoms with Crippen LogP contribution in [0.3, 0.4) is 0 Å². The number of carbonyl (C=O) groups excluding carboxylic acids is 1. The van der Waals surface area contributed by atoms with Gasteiger partial charge in [-0.1, -0.05) is 60.7 Å². The van der Waals surface area contributed by atoms with Gasteiger partial charge in [-0.25, -0.2) is 4.79 Å². The van der Waals surface area contributed by atoms with E-state index in [1.807, 2.05) is 60.7 Å². The van der Waals surface area contributed by atoms with E-state index in [-0.39, 0.29) is 5.91 Å². The molecule has 0 aliphatic carbocycles. The number of hydrogen-bond donors (Lipinski definition) is 2. The lowest BCUT2D eigenvalue weighted by Crippen LogP contribution is -2.48. The Labute approximate surface area is 171 Å². The van der Waals surface area contributed by atoms with Gasteiger partial charge in [0.1, 0.15) is 6.04 Å². The van der Waals surface area contributed by atoms with E-state index >= 15 is 0 Å². The molecular formula is C22H27N2O4P. The van der Waals surface area contributed by atoms with Gasteiger partial charge >= 0.3 is 5.97 Å². The minimum Gasteiger partial charge on any atom is -0.480 e. The highest BCUT2D eigenvalue weighted by molar-refractivity contribution is 7.60. The van der Waals surface area contributed by atoms with Crippen LogP contribution < -0.4 is 5.09 Å². The van der Waals surface area contributed by atoms with Crippen molar-refractivity contribution in [2.24, 2.45) is 0 Å². The highest BCUT2D eigenvalue weighted by Crippen LogP contribution is 2.49. The first-order chi connectivity index (χ1) is 13.9. The van der Waals surface area contributed by atoms with Crippen molar-refractivity contribution in [3.63, 3.8) is 0 Å². The Balaban J connectivity index is 1.79. The summed E-state index contributed by atoms with van der Waals surface area (Å²) in [5, 5.41) is 12.5. The highest BCUT2D eigenvalue weighted by atomic mass is 31.2. The van der Waals surface area contributed by atoms with Gasteiger partial charge in [-0.2, -0.15) is 0 Å². The van der Waals surface area contributed by atoms with Crippen LogP contribution in [0.25, 0.3) is 0 Å². The summed E-state index contributed by atoms with van der Waals surface area (Å²) >= 11 is 0. The van der Waals surface area contributed by atoms with Crippen LogP contribution in [0.1, 0.15) is 30.9 Å². The van der Waals surface area contributed by atoms with Gasteiger partial charge < -0.3 is 14.6 Å². The van der Waals surface area contributed by atoms with Gasteiger partial charge in [-0.05, 0) is 30.9 Å². The Morgan fingerprint density at radius 2 is 1.59 bits per heavy atom. The van der Waals surface area contributed by atoms with E-state index in [1.54, 1.807) is 6.92 Å². The van der Waals surface area contributed by atoms with Crippen molar-refractivity contribution in [2.45, 2.75) is 44.2 Å². The van der Waals surface area contributed by atoms with E-state index in [1.165, 1.54) is 4.90 Å². The first kappa shape index (κ1) is 21.3. The molecule has 1 heterocycles. The summed E-state index contributed by atoms with van der Waals surface area (Å²) in [7, 11) is -3.00. The van der Waals surface area contributed by atoms with Crippen LogP contribution in [0.5, 0.6) is 0 Å². The van der Waals surface area contributed by atoms with Crippen molar-refractivity contribution >= 4 is 19.2 Å². The van der Waals surface area contributed by atoms with Crippen LogP contribution in [0.2, 0.25) is 0 Å². The zero-order chi connectivity index (χ0) is 20.9. The van der Waals surface area contributed by atoms with Gasteiger partial charge in [0.2, 0.25) is 5.91 Å². The van der Waals surface area contributed by atoms with E-state index in [0.717, 1.165) is 11.1 Å². The van der Waals surface area contributed by atoms with Crippen molar-refractivity contribution in [3.05, 3.63) is 71.8 Å². The van der Waals surface area contributed by atoms with Gasteiger partial charge in [0, 0.05) is 18.9 Å². The number of amides is 1. The summed E-state index contributed by atoms with van der Waals surface area (Å²) in [4.78, 5) is 25.8. The second kappa shape index (κ2) is 9.38. The molecule has 1 amide bonds. The zero-order valence-electron chi connectivity index (χ0n) is 16.5. The summed E-state index contributed by atoms with van der Waals surface area (Å²) < 4.78 is 13.9. The maximum Gasteiger partial charge on any atom is 0.326 e. The Bertz CT molecular complexity index is 843. The van der Waals surface area contributed by atoms with E-state index in [0.29, 0.717) is 31.7 Å². The Morgan fingerprint density at radius 1 is 1.07 bits per heavy atom. The largest absolute Gasteiger partial charge is 0.480 e. The fraction of sp³-hybridized carbons (Fsp3) is 0.364. The molecule has 0 spiro atoms. The van der Waals surface area contributed by atoms with Crippen molar-refractivity contribution < 1.29 is 19.3 Å². The van der Waals surface area contributed by atoms with Crippen molar-refractivity contribution in [3.8, 4) is 0 Å². The van der Waals surface area contributed by atoms with E-state index < -0.39 is 25.3 Å². The number of carbonyl (C=O) groups is 2. The number of likely N-dealkylation sites (tertiary alicyclic amines) is 1. The standard InChI is InChI=1S/C22H27N2O4P/c1-17(21(25)24-14-8-13-20(24)22(26)27)23-29(28,15-18-9-4-2-5-10-18)16-19-11-6-3-7-12-19/h2-7,9-12,17,20H,8,13-16H2,1H3,(H,23,28)(H,26,27). The molecule has 0 aromatic heterocycles. The Hall–Kier alpha value is -2.43. The summed E-state index contributed by atoms with van der Waals surface area (Å²) in [5.74, 6) is -1.30. The number of hydrogen-bond acceptors (Lipinski definition) is 3. The quantitative estimate of drug-likeness (QED) is 0.643. The second-order valence-corrected chi connectivity index (χ2v) is 10.2. The molecule has 7 heteroatoms. The van der Waals surface area contributed by atoms with Gasteiger partial charge in [0.05, 0.1) is 6.04 Å². The number of carboxylic acids is 1. The van der Waals surface area contributed by atoms with E-state index in [9.17, 15) is 19.3 Å². The topological polar surface area (TPSA) is 86.7 Å². The number of benzene rings is 2. The van der Waals surface area contributed by atoms with Crippen LogP contribution in [0, 0.1) is 0 Å². The van der Waals surface area contributed by atoms with E-state index in [2.05, 4.69) is 5.09 Å². The van der Waals surface area contributed by atoms with Gasteiger partial charge in [0.15, 0.2) is 7.29 Å². The molecule has 6 nitrogen and oxygen atoms in total. The molecular weight excluding hydrogens is 387 g/mol. The Morgan fingerprint density at radius 3 is 2.07 bits per heavy atom. The number of nitrogens with one attached hydrogen (secondary N) is 1. The third-order valence-electron chi connectivity index (χ3n) is 5.18. The molecule has 0 bridgehead atoms. The fourth-order valence-electron chi connectivity index (χ4n) is 3.85. The monoisotopic (exact) mass is 414 g/mol. The maximum atomic E-state index is 13.9. The minimum absolute atomic E-state index is 0.309. The lowest BCUT2D eigenvalue weighted by atomic mass is 10.2. The highest BCUT2D eigenvalue weighted by Gasteiger charge is 2.37. The summed E-state index contributed by atoms with van der Waals surface area (Å²) in [6, 6.07) is 17.6. The molecule has 0 radical (unpaired) electrons. The number of nitrogens with zero attached hydrogens (tertiary/aromatic N) is 1. The summed E-state index contributed by atoms with van der Waals surface area (Å²) in [6.07, 6.45) is 1.77. The minimum atomic E-state index is -3.00. The van der Waals surface area contributed by atoms with Crippen LogP contribution in [-0.2, 0) is 26.5 Å². The normalized spacial score (nSPS) is 17.8. The molecule has 0 saturated carbocycles. The predicted molar refractivity (Wildman–Crippen MR) is 113 cm³/mol. The number of rotatable bonds is 8. The first-order valence-corrected chi connectivity index (χ1v) is 11.9. The third-order valence-corrected chi connectivity index (χ3v) is 7.79. The van der Waals surface area contributed by atoms with Crippen molar-refractivity contribution in [1.82, 2.24) is 9.99 Å². The molecule has 29 heavy (non-hydrogen) atoms. The predicted octanol–water partition coefficient (Wildman–Crippen LogP) is 3.72. The smallest absolute Gasteiger partial charge is 0.326 e. The molecule has 1 aliphatic rings.